The molecule has 0 fully saturated rings. The van der Waals surface area contributed by atoms with Crippen LogP contribution in [-0.4, -0.2) is 24.9 Å². The van der Waals surface area contributed by atoms with Gasteiger partial charge in [-0.2, -0.15) is 4.63 Å². The third kappa shape index (κ3) is 2.75. The summed E-state index contributed by atoms with van der Waals surface area (Å²) in [6.07, 6.45) is 1.66. The number of hydrogen-bond donors (Lipinski definition) is 3. The molecule has 2 heterocycles. The van der Waals surface area contributed by atoms with Crippen molar-refractivity contribution in [1.29, 1.82) is 0 Å². The second-order valence-electron chi connectivity index (χ2n) is 5.38. The molecule has 0 aliphatic rings. The van der Waals surface area contributed by atoms with Crippen LogP contribution in [-0.2, 0) is 0 Å². The molecule has 0 aliphatic carbocycles. The Morgan fingerprint density at radius 1 is 1.35 bits per heavy atom. The predicted octanol–water partition coefficient (Wildman–Crippen LogP) is 4.58. The molecular weight excluding hydrogens is 337 g/mol. The molecule has 0 amide bonds. The van der Waals surface area contributed by atoms with Gasteiger partial charge >= 0.3 is 0 Å². The number of phenols is 1. The van der Waals surface area contributed by atoms with E-state index >= 15 is 0 Å². The van der Waals surface area contributed by atoms with Crippen molar-refractivity contribution in [3.63, 3.8) is 0 Å². The topological polar surface area (TPSA) is 78.2 Å². The summed E-state index contributed by atoms with van der Waals surface area (Å²) >= 11 is 11.9. The van der Waals surface area contributed by atoms with Gasteiger partial charge in [0.05, 0.1) is 15.7 Å². The number of H-pyrrole nitrogens is 1. The van der Waals surface area contributed by atoms with Crippen molar-refractivity contribution in [2.75, 3.05) is 5.32 Å². The van der Waals surface area contributed by atoms with Gasteiger partial charge in [0.2, 0.25) is 0 Å². The first-order chi connectivity index (χ1) is 10.9. The first kappa shape index (κ1) is 15.7. The molecule has 0 atom stereocenters. The lowest BCUT2D eigenvalue weighted by molar-refractivity contribution is 0.476. The molecule has 1 aromatic carbocycles. The number of halogens is 2. The molecular formula is C15H15Cl2N5O. The molecule has 0 bridgehead atoms. The number of phenolic OH excluding ortho intramolecular Hbond substituents is 1. The van der Waals surface area contributed by atoms with Crippen molar-refractivity contribution in [3.05, 3.63) is 40.3 Å². The molecule has 0 unspecified atom stereocenters. The third-order valence-corrected chi connectivity index (χ3v) is 3.93. The summed E-state index contributed by atoms with van der Waals surface area (Å²) in [7, 11) is 0. The highest BCUT2D eigenvalue weighted by Crippen LogP contribution is 2.36. The van der Waals surface area contributed by atoms with Crippen LogP contribution in [0.1, 0.15) is 31.3 Å². The maximum Gasteiger partial charge on any atom is 0.199 e. The van der Waals surface area contributed by atoms with Crippen LogP contribution in [0.15, 0.2) is 18.7 Å². The second kappa shape index (κ2) is 5.79. The first-order valence-corrected chi connectivity index (χ1v) is 7.72. The third-order valence-electron chi connectivity index (χ3n) is 3.35. The van der Waals surface area contributed by atoms with E-state index in [1.54, 1.807) is 22.8 Å². The standard InChI is InChI=1S/C15H15Cl2N5O/c1-4-11-12(15-19-14(7(2)3)21-22(15)20-11)18-8-5-9(16)13(23)10(17)6-8/h4-7,18,20,23H,1H2,2-3H3. The zero-order valence-corrected chi connectivity index (χ0v) is 14.1. The molecule has 2 aromatic heterocycles. The summed E-state index contributed by atoms with van der Waals surface area (Å²) in [5.74, 6) is 0.796. The van der Waals surface area contributed by atoms with Gasteiger partial charge in [0, 0.05) is 11.6 Å². The quantitative estimate of drug-likeness (QED) is 0.601. The summed E-state index contributed by atoms with van der Waals surface area (Å²) in [6.45, 7) is 7.83. The van der Waals surface area contributed by atoms with Crippen molar-refractivity contribution in [2.45, 2.75) is 19.8 Å². The minimum atomic E-state index is -0.147. The number of anilines is 2. The highest BCUT2D eigenvalue weighted by molar-refractivity contribution is 6.37. The van der Waals surface area contributed by atoms with E-state index in [1.807, 2.05) is 13.8 Å². The van der Waals surface area contributed by atoms with Crippen molar-refractivity contribution in [2.24, 2.45) is 0 Å². The minimum Gasteiger partial charge on any atom is -0.505 e. The van der Waals surface area contributed by atoms with E-state index in [1.165, 1.54) is 0 Å². The van der Waals surface area contributed by atoms with Crippen LogP contribution in [0.3, 0.4) is 0 Å². The fourth-order valence-corrected chi connectivity index (χ4v) is 2.64. The van der Waals surface area contributed by atoms with Crippen molar-refractivity contribution in [3.8, 4) is 5.75 Å². The van der Waals surface area contributed by atoms with Gasteiger partial charge in [-0.15, -0.1) is 5.10 Å². The Morgan fingerprint density at radius 2 is 2.00 bits per heavy atom. The lowest BCUT2D eigenvalue weighted by atomic mass is 10.2. The summed E-state index contributed by atoms with van der Waals surface area (Å²) in [4.78, 5) is 4.53. The van der Waals surface area contributed by atoms with E-state index in [-0.39, 0.29) is 21.7 Å². The number of nitrogens with one attached hydrogen (secondary N) is 2. The largest absolute Gasteiger partial charge is 0.505 e. The molecule has 6 nitrogen and oxygen atoms in total. The van der Waals surface area contributed by atoms with Crippen molar-refractivity contribution < 1.29 is 5.11 Å². The minimum absolute atomic E-state index is 0.147. The first-order valence-electron chi connectivity index (χ1n) is 6.96. The number of nitrogens with zero attached hydrogens (tertiary/aromatic N) is 3. The van der Waals surface area contributed by atoms with Gasteiger partial charge in [0.25, 0.3) is 0 Å². The molecule has 0 aliphatic heterocycles. The highest BCUT2D eigenvalue weighted by atomic mass is 35.5. The van der Waals surface area contributed by atoms with E-state index in [0.29, 0.717) is 17.0 Å². The van der Waals surface area contributed by atoms with E-state index in [0.717, 1.165) is 11.5 Å². The van der Waals surface area contributed by atoms with E-state index < -0.39 is 0 Å². The number of aromatic hydroxyl groups is 1. The molecule has 8 heteroatoms. The molecule has 0 radical (unpaired) electrons. The Morgan fingerprint density at radius 3 is 2.57 bits per heavy atom. The van der Waals surface area contributed by atoms with Crippen LogP contribution in [0, 0.1) is 0 Å². The van der Waals surface area contributed by atoms with Crippen LogP contribution < -0.4 is 5.32 Å². The summed E-state index contributed by atoms with van der Waals surface area (Å²) in [5.41, 5.74) is 2.70. The number of rotatable bonds is 4. The maximum absolute atomic E-state index is 9.65. The lowest BCUT2D eigenvalue weighted by Crippen LogP contribution is -1.95. The summed E-state index contributed by atoms with van der Waals surface area (Å²) < 4.78 is 1.60. The van der Waals surface area contributed by atoms with Crippen LogP contribution in [0.25, 0.3) is 11.7 Å². The predicted molar refractivity (Wildman–Crippen MR) is 92.9 cm³/mol. The number of aromatic amines is 1. The Kier molecular flexibility index (Phi) is 3.95. The Hall–Kier alpha value is -2.18. The number of fused-ring (bicyclic) bond motifs is 1. The zero-order valence-electron chi connectivity index (χ0n) is 12.6. The smallest absolute Gasteiger partial charge is 0.199 e. The second-order valence-corrected chi connectivity index (χ2v) is 6.19. The van der Waals surface area contributed by atoms with Gasteiger partial charge in [0.15, 0.2) is 17.2 Å². The number of benzene rings is 1. The lowest BCUT2D eigenvalue weighted by Gasteiger charge is -2.08. The van der Waals surface area contributed by atoms with Gasteiger partial charge in [-0.25, -0.2) is 4.98 Å². The SMILES string of the molecule is C=Cc1[nH]n2nc(C(C)C)nc2c1Nc1cc(Cl)c(O)c(Cl)c1. The average molecular weight is 352 g/mol. The Bertz CT molecular complexity index is 874. The van der Waals surface area contributed by atoms with Crippen molar-refractivity contribution in [1.82, 2.24) is 19.8 Å². The fraction of sp³-hybridized carbons (Fsp3) is 0.200. The molecule has 3 rings (SSSR count). The van der Waals surface area contributed by atoms with Crippen molar-refractivity contribution >= 4 is 46.3 Å². The monoisotopic (exact) mass is 351 g/mol. The molecule has 3 N–H and O–H groups in total. The fourth-order valence-electron chi connectivity index (χ4n) is 2.16. The highest BCUT2D eigenvalue weighted by Gasteiger charge is 2.17. The number of aromatic nitrogens is 4. The number of hydrogen-bond acceptors (Lipinski definition) is 4. The van der Waals surface area contributed by atoms with Crippen LogP contribution in [0.2, 0.25) is 10.0 Å². The van der Waals surface area contributed by atoms with Gasteiger partial charge < -0.3 is 10.4 Å². The molecule has 0 saturated carbocycles. The Labute approximate surface area is 142 Å². The van der Waals surface area contributed by atoms with Gasteiger partial charge in [0.1, 0.15) is 5.69 Å². The Balaban J connectivity index is 2.09. The molecule has 0 spiro atoms. The summed E-state index contributed by atoms with van der Waals surface area (Å²) in [5, 5.41) is 20.7. The van der Waals surface area contributed by atoms with Crippen LogP contribution >= 0.6 is 23.2 Å². The van der Waals surface area contributed by atoms with Crippen LogP contribution in [0.5, 0.6) is 5.75 Å². The molecule has 23 heavy (non-hydrogen) atoms. The van der Waals surface area contributed by atoms with E-state index in [4.69, 9.17) is 23.2 Å². The average Bonchev–Trinajstić information content (AvgIpc) is 3.04. The van der Waals surface area contributed by atoms with E-state index in [9.17, 15) is 5.11 Å². The normalized spacial score (nSPS) is 11.3. The van der Waals surface area contributed by atoms with Crippen LogP contribution in [0.4, 0.5) is 11.4 Å². The van der Waals surface area contributed by atoms with Gasteiger partial charge in [-0.3, -0.25) is 5.10 Å². The summed E-state index contributed by atoms with van der Waals surface area (Å²) in [6, 6.07) is 3.16. The maximum atomic E-state index is 9.65. The van der Waals surface area contributed by atoms with Gasteiger partial charge in [-0.05, 0) is 18.2 Å². The molecule has 120 valence electrons. The zero-order chi connectivity index (χ0) is 16.7. The molecule has 3 aromatic rings. The molecule has 0 saturated heterocycles. The van der Waals surface area contributed by atoms with Gasteiger partial charge in [-0.1, -0.05) is 43.6 Å². The van der Waals surface area contributed by atoms with E-state index in [2.05, 4.69) is 27.1 Å².